The molecule has 0 bridgehead atoms. The van der Waals surface area contributed by atoms with Gasteiger partial charge in [-0.1, -0.05) is 12.2 Å². The zero-order valence-electron chi connectivity index (χ0n) is 8.89. The van der Waals surface area contributed by atoms with Crippen LogP contribution in [0.5, 0.6) is 0 Å². The molecule has 0 spiro atoms. The second-order valence-corrected chi connectivity index (χ2v) is 3.83. The van der Waals surface area contributed by atoms with Crippen LogP contribution in [0, 0.1) is 0 Å². The largest absolute Gasteiger partial charge is 0.478 e. The van der Waals surface area contributed by atoms with Gasteiger partial charge in [-0.15, -0.1) is 0 Å². The summed E-state index contributed by atoms with van der Waals surface area (Å²) in [5, 5.41) is 12.2. The molecule has 1 aromatic rings. The van der Waals surface area contributed by atoms with Crippen molar-refractivity contribution >= 4 is 11.8 Å². The Morgan fingerprint density at radius 1 is 1.50 bits per heavy atom. The van der Waals surface area contributed by atoms with E-state index in [0.29, 0.717) is 5.82 Å². The lowest BCUT2D eigenvalue weighted by molar-refractivity contribution is 0.0697. The number of rotatable bonds is 3. The van der Waals surface area contributed by atoms with Gasteiger partial charge in [0.15, 0.2) is 0 Å². The van der Waals surface area contributed by atoms with Crippen LogP contribution in [0.4, 0.5) is 5.82 Å². The number of nitrogens with zero attached hydrogens (tertiary/aromatic N) is 1. The summed E-state index contributed by atoms with van der Waals surface area (Å²) in [4.78, 5) is 15.0. The SMILES string of the molecule is O=C(O)c1cccnc1NC1CC=CCC1. The number of hydrogen-bond donors (Lipinski definition) is 2. The Kier molecular flexibility index (Phi) is 3.19. The predicted molar refractivity (Wildman–Crippen MR) is 61.6 cm³/mol. The molecule has 1 aromatic heterocycles. The van der Waals surface area contributed by atoms with Crippen LogP contribution in [0.3, 0.4) is 0 Å². The second-order valence-electron chi connectivity index (χ2n) is 3.83. The molecule has 0 amide bonds. The molecule has 0 fully saturated rings. The van der Waals surface area contributed by atoms with E-state index in [2.05, 4.69) is 22.5 Å². The van der Waals surface area contributed by atoms with Crippen LogP contribution in [-0.4, -0.2) is 22.1 Å². The van der Waals surface area contributed by atoms with Crippen molar-refractivity contribution in [3.05, 3.63) is 36.0 Å². The van der Waals surface area contributed by atoms with Gasteiger partial charge in [0.25, 0.3) is 0 Å². The summed E-state index contributed by atoms with van der Waals surface area (Å²) in [5.41, 5.74) is 0.233. The van der Waals surface area contributed by atoms with Gasteiger partial charge in [0.1, 0.15) is 11.4 Å². The van der Waals surface area contributed by atoms with Gasteiger partial charge in [-0.2, -0.15) is 0 Å². The van der Waals surface area contributed by atoms with Crippen molar-refractivity contribution in [3.63, 3.8) is 0 Å². The van der Waals surface area contributed by atoms with E-state index >= 15 is 0 Å². The normalized spacial score (nSPS) is 19.4. The van der Waals surface area contributed by atoms with Gasteiger partial charge in [-0.05, 0) is 31.4 Å². The fraction of sp³-hybridized carbons (Fsp3) is 0.333. The van der Waals surface area contributed by atoms with Crippen LogP contribution in [-0.2, 0) is 0 Å². The highest BCUT2D eigenvalue weighted by Gasteiger charge is 2.15. The maximum absolute atomic E-state index is 11.0. The van der Waals surface area contributed by atoms with Gasteiger partial charge in [0.05, 0.1) is 0 Å². The number of pyridine rings is 1. The van der Waals surface area contributed by atoms with Crippen molar-refractivity contribution in [2.24, 2.45) is 0 Å². The van der Waals surface area contributed by atoms with Crippen LogP contribution in [0.1, 0.15) is 29.6 Å². The fourth-order valence-electron chi connectivity index (χ4n) is 1.81. The molecule has 1 atom stereocenters. The van der Waals surface area contributed by atoms with Crippen LogP contribution in [0.15, 0.2) is 30.5 Å². The molecule has 0 aliphatic heterocycles. The van der Waals surface area contributed by atoms with Gasteiger partial charge < -0.3 is 10.4 Å². The summed E-state index contributed by atoms with van der Waals surface area (Å²) in [6.45, 7) is 0. The molecule has 2 N–H and O–H groups in total. The number of aromatic nitrogens is 1. The first-order valence-electron chi connectivity index (χ1n) is 5.37. The molecular formula is C12H14N2O2. The number of nitrogens with one attached hydrogen (secondary N) is 1. The lowest BCUT2D eigenvalue weighted by Crippen LogP contribution is -2.22. The zero-order chi connectivity index (χ0) is 11.4. The third-order valence-electron chi connectivity index (χ3n) is 2.65. The summed E-state index contributed by atoms with van der Waals surface area (Å²) < 4.78 is 0. The highest BCUT2D eigenvalue weighted by atomic mass is 16.4. The van der Waals surface area contributed by atoms with Crippen molar-refractivity contribution < 1.29 is 9.90 Å². The standard InChI is InChI=1S/C12H14N2O2/c15-12(16)10-7-4-8-13-11(10)14-9-5-2-1-3-6-9/h1-2,4,7-9H,3,5-6H2,(H,13,14)(H,15,16). The lowest BCUT2D eigenvalue weighted by Gasteiger charge is -2.20. The predicted octanol–water partition coefficient (Wildman–Crippen LogP) is 2.30. The number of carbonyl (C=O) groups is 1. The average molecular weight is 218 g/mol. The maximum Gasteiger partial charge on any atom is 0.339 e. The quantitative estimate of drug-likeness (QED) is 0.764. The molecule has 2 rings (SSSR count). The third kappa shape index (κ3) is 2.39. The number of allylic oxidation sites excluding steroid dienone is 1. The maximum atomic E-state index is 11.0. The summed E-state index contributed by atoms with van der Waals surface area (Å²) in [7, 11) is 0. The minimum absolute atomic E-state index is 0.233. The molecule has 1 unspecified atom stereocenters. The van der Waals surface area contributed by atoms with E-state index in [0.717, 1.165) is 19.3 Å². The van der Waals surface area contributed by atoms with Crippen LogP contribution in [0.25, 0.3) is 0 Å². The van der Waals surface area contributed by atoms with Crippen LogP contribution >= 0.6 is 0 Å². The minimum atomic E-state index is -0.943. The third-order valence-corrected chi connectivity index (χ3v) is 2.65. The molecule has 16 heavy (non-hydrogen) atoms. The molecule has 0 saturated heterocycles. The van der Waals surface area contributed by atoms with E-state index in [4.69, 9.17) is 5.11 Å². The summed E-state index contributed by atoms with van der Waals surface area (Å²) in [6, 6.07) is 3.49. The van der Waals surface area contributed by atoms with E-state index in [1.54, 1.807) is 18.3 Å². The first kappa shape index (κ1) is 10.7. The summed E-state index contributed by atoms with van der Waals surface area (Å²) in [6.07, 6.45) is 8.85. The highest BCUT2D eigenvalue weighted by molar-refractivity contribution is 5.93. The van der Waals surface area contributed by atoms with E-state index in [9.17, 15) is 4.79 Å². The lowest BCUT2D eigenvalue weighted by atomic mass is 10.0. The molecule has 4 heteroatoms. The molecule has 1 aliphatic carbocycles. The molecule has 1 heterocycles. The Bertz CT molecular complexity index is 415. The zero-order valence-corrected chi connectivity index (χ0v) is 8.89. The van der Waals surface area contributed by atoms with E-state index < -0.39 is 5.97 Å². The smallest absolute Gasteiger partial charge is 0.339 e. The van der Waals surface area contributed by atoms with Crippen molar-refractivity contribution in [2.75, 3.05) is 5.32 Å². The highest BCUT2D eigenvalue weighted by Crippen LogP contribution is 2.18. The molecule has 84 valence electrons. The Morgan fingerprint density at radius 3 is 3.06 bits per heavy atom. The van der Waals surface area contributed by atoms with Gasteiger partial charge in [0.2, 0.25) is 0 Å². The fourth-order valence-corrected chi connectivity index (χ4v) is 1.81. The van der Waals surface area contributed by atoms with Gasteiger partial charge in [0, 0.05) is 12.2 Å². The number of anilines is 1. The van der Waals surface area contributed by atoms with Crippen molar-refractivity contribution in [3.8, 4) is 0 Å². The number of carboxylic acids is 1. The Morgan fingerprint density at radius 2 is 2.38 bits per heavy atom. The van der Waals surface area contributed by atoms with Crippen molar-refractivity contribution in [1.29, 1.82) is 0 Å². The monoisotopic (exact) mass is 218 g/mol. The Hall–Kier alpha value is -1.84. The summed E-state index contributed by atoms with van der Waals surface area (Å²) >= 11 is 0. The number of hydrogen-bond acceptors (Lipinski definition) is 3. The van der Waals surface area contributed by atoms with Crippen LogP contribution in [0.2, 0.25) is 0 Å². The molecule has 1 aliphatic rings. The summed E-state index contributed by atoms with van der Waals surface area (Å²) in [5.74, 6) is -0.475. The van der Waals surface area contributed by atoms with E-state index in [1.807, 2.05) is 0 Å². The molecule has 0 radical (unpaired) electrons. The molecule has 0 aromatic carbocycles. The van der Waals surface area contributed by atoms with Gasteiger partial charge in [-0.3, -0.25) is 0 Å². The van der Waals surface area contributed by atoms with Crippen LogP contribution < -0.4 is 5.32 Å². The Balaban J connectivity index is 2.14. The van der Waals surface area contributed by atoms with Crippen molar-refractivity contribution in [1.82, 2.24) is 4.98 Å². The molecule has 4 nitrogen and oxygen atoms in total. The van der Waals surface area contributed by atoms with Gasteiger partial charge in [-0.25, -0.2) is 9.78 Å². The average Bonchev–Trinajstić information content (AvgIpc) is 2.31. The van der Waals surface area contributed by atoms with E-state index in [-0.39, 0.29) is 11.6 Å². The first-order valence-corrected chi connectivity index (χ1v) is 5.37. The first-order chi connectivity index (χ1) is 7.77. The van der Waals surface area contributed by atoms with Gasteiger partial charge >= 0.3 is 5.97 Å². The van der Waals surface area contributed by atoms with E-state index in [1.165, 1.54) is 0 Å². The Labute approximate surface area is 94.0 Å². The molecule has 0 saturated carbocycles. The second kappa shape index (κ2) is 4.79. The number of carboxylic acid groups (broad SMARTS) is 1. The minimum Gasteiger partial charge on any atom is -0.478 e. The van der Waals surface area contributed by atoms with Crippen molar-refractivity contribution in [2.45, 2.75) is 25.3 Å². The molecular weight excluding hydrogens is 204 g/mol. The topological polar surface area (TPSA) is 62.2 Å². The number of aromatic carboxylic acids is 1.